The second-order valence-electron chi connectivity index (χ2n) is 9.62. The molecule has 0 saturated carbocycles. The van der Waals surface area contributed by atoms with Crippen molar-refractivity contribution in [3.8, 4) is 0 Å². The number of carbonyl (C=O) groups is 3. The number of hydrogen-bond acceptors (Lipinski definition) is 7. The Balaban J connectivity index is 1.29. The van der Waals surface area contributed by atoms with E-state index in [-0.39, 0.29) is 17.3 Å². The minimum Gasteiger partial charge on any atom is -0.325 e. The van der Waals surface area contributed by atoms with Crippen molar-refractivity contribution in [1.29, 1.82) is 0 Å². The highest BCUT2D eigenvalue weighted by Crippen LogP contribution is 2.37. The van der Waals surface area contributed by atoms with Gasteiger partial charge in [-0.05, 0) is 82.6 Å². The normalized spacial score (nSPS) is 11.7. The monoisotopic (exact) mass is 634 g/mol. The quantitative estimate of drug-likeness (QED) is 0.0596. The number of hydrogen-bond donors (Lipinski definition) is 3. The van der Waals surface area contributed by atoms with Crippen molar-refractivity contribution >= 4 is 64.0 Å². The third-order valence-electron chi connectivity index (χ3n) is 6.44. The van der Waals surface area contributed by atoms with Crippen LogP contribution in [0.3, 0.4) is 0 Å². The van der Waals surface area contributed by atoms with Crippen LogP contribution >= 0.6 is 23.1 Å². The van der Waals surface area contributed by atoms with Gasteiger partial charge in [-0.15, -0.1) is 11.8 Å². The molecule has 5 aromatic rings. The third kappa shape index (κ3) is 8.53. The Morgan fingerprint density at radius 2 is 1.40 bits per heavy atom. The van der Waals surface area contributed by atoms with Gasteiger partial charge in [-0.1, -0.05) is 48.5 Å². The number of nitrogens with zero attached hydrogens (tertiary/aromatic N) is 1. The molecule has 0 spiro atoms. The number of nitro groups is 1. The molecule has 1 unspecified atom stereocenters. The van der Waals surface area contributed by atoms with Gasteiger partial charge in [-0.3, -0.25) is 24.5 Å². The van der Waals surface area contributed by atoms with Crippen LogP contribution in [0.15, 0.2) is 137 Å². The van der Waals surface area contributed by atoms with Gasteiger partial charge in [0.15, 0.2) is 0 Å². The zero-order valence-electron chi connectivity index (χ0n) is 23.6. The number of non-ortho nitro benzene ring substituents is 1. The van der Waals surface area contributed by atoms with Crippen LogP contribution in [0.1, 0.15) is 26.7 Å². The van der Waals surface area contributed by atoms with E-state index in [0.717, 1.165) is 16.0 Å². The summed E-state index contributed by atoms with van der Waals surface area (Å²) in [5.74, 6) is -1.19. The number of benzene rings is 4. The lowest BCUT2D eigenvalue weighted by Crippen LogP contribution is -2.30. The van der Waals surface area contributed by atoms with Crippen LogP contribution in [0, 0.1) is 10.1 Å². The first-order valence-electron chi connectivity index (χ1n) is 13.6. The number of anilines is 2. The minimum absolute atomic E-state index is 0.0678. The predicted octanol–water partition coefficient (Wildman–Crippen LogP) is 7.54. The molecule has 4 aromatic carbocycles. The number of rotatable bonds is 11. The average Bonchev–Trinajstić information content (AvgIpc) is 3.58. The lowest BCUT2D eigenvalue weighted by Gasteiger charge is -2.17. The van der Waals surface area contributed by atoms with Crippen LogP contribution < -0.4 is 16.0 Å². The molecule has 0 fully saturated rings. The zero-order chi connectivity index (χ0) is 31.6. The summed E-state index contributed by atoms with van der Waals surface area (Å²) >= 11 is 2.80. The van der Waals surface area contributed by atoms with Gasteiger partial charge < -0.3 is 16.0 Å². The first kappa shape index (κ1) is 30.9. The molecule has 3 amide bonds. The molecule has 0 aliphatic carbocycles. The largest absolute Gasteiger partial charge is 0.325 e. The number of carbonyl (C=O) groups excluding carboxylic acids is 3. The highest BCUT2D eigenvalue weighted by molar-refractivity contribution is 8.00. The van der Waals surface area contributed by atoms with E-state index in [1.54, 1.807) is 60.7 Å². The van der Waals surface area contributed by atoms with Gasteiger partial charge in [-0.25, -0.2) is 0 Å². The topological polar surface area (TPSA) is 130 Å². The highest BCUT2D eigenvalue weighted by Gasteiger charge is 2.23. The fourth-order valence-electron chi connectivity index (χ4n) is 4.19. The number of nitro benzene ring substituents is 1. The van der Waals surface area contributed by atoms with Crippen LogP contribution in [0.2, 0.25) is 0 Å². The summed E-state index contributed by atoms with van der Waals surface area (Å²) in [7, 11) is 0. The van der Waals surface area contributed by atoms with E-state index in [4.69, 9.17) is 0 Å². The summed E-state index contributed by atoms with van der Waals surface area (Å²) in [6.45, 7) is 0. The van der Waals surface area contributed by atoms with Gasteiger partial charge in [0.2, 0.25) is 5.91 Å². The molecule has 1 atom stereocenters. The number of amides is 3. The van der Waals surface area contributed by atoms with E-state index in [1.807, 2.05) is 47.2 Å². The van der Waals surface area contributed by atoms with E-state index in [1.165, 1.54) is 47.4 Å². The van der Waals surface area contributed by atoms with Crippen molar-refractivity contribution in [3.63, 3.8) is 0 Å². The zero-order valence-corrected chi connectivity index (χ0v) is 25.2. The van der Waals surface area contributed by atoms with E-state index in [9.17, 15) is 24.5 Å². The average molecular weight is 635 g/mol. The van der Waals surface area contributed by atoms with Crippen LogP contribution in [0.4, 0.5) is 17.1 Å². The first-order valence-corrected chi connectivity index (χ1v) is 15.5. The lowest BCUT2D eigenvalue weighted by atomic mass is 10.1. The molecular formula is C34H26N4O5S2. The molecule has 1 heterocycles. The third-order valence-corrected chi connectivity index (χ3v) is 8.40. The number of nitrogens with one attached hydrogen (secondary N) is 3. The van der Waals surface area contributed by atoms with Crippen molar-refractivity contribution in [2.75, 3.05) is 10.6 Å². The summed E-state index contributed by atoms with van der Waals surface area (Å²) < 4.78 is 0. The summed E-state index contributed by atoms with van der Waals surface area (Å²) in [5.41, 5.74) is 2.95. The van der Waals surface area contributed by atoms with Gasteiger partial charge >= 0.3 is 0 Å². The van der Waals surface area contributed by atoms with Gasteiger partial charge in [0.1, 0.15) is 10.9 Å². The van der Waals surface area contributed by atoms with E-state index in [0.29, 0.717) is 16.9 Å². The Bertz CT molecular complexity index is 1810. The Hall–Kier alpha value is -5.52. The maximum Gasteiger partial charge on any atom is 0.272 e. The van der Waals surface area contributed by atoms with E-state index >= 15 is 0 Å². The minimum atomic E-state index is -0.629. The molecule has 11 heteroatoms. The number of thiophene rings is 1. The second kappa shape index (κ2) is 14.8. The molecule has 0 saturated heterocycles. The van der Waals surface area contributed by atoms with Crippen molar-refractivity contribution in [3.05, 3.63) is 159 Å². The van der Waals surface area contributed by atoms with Crippen LogP contribution in [0.25, 0.3) is 6.08 Å². The Morgan fingerprint density at radius 1 is 0.778 bits per heavy atom. The lowest BCUT2D eigenvalue weighted by molar-refractivity contribution is -0.384. The van der Waals surface area contributed by atoms with Crippen LogP contribution in [0.5, 0.6) is 0 Å². The van der Waals surface area contributed by atoms with Gasteiger partial charge in [0.25, 0.3) is 17.5 Å². The molecular weight excluding hydrogens is 609 g/mol. The molecule has 3 N–H and O–H groups in total. The molecule has 9 nitrogen and oxygen atoms in total. The maximum atomic E-state index is 13.4. The predicted molar refractivity (Wildman–Crippen MR) is 178 cm³/mol. The summed E-state index contributed by atoms with van der Waals surface area (Å²) in [6.07, 6.45) is 1.62. The molecule has 0 aliphatic heterocycles. The standard InChI is InChI=1S/C34H26N4O5S2/c39-32(25-9-5-2-6-10-25)37-30(21-23-19-20-44-22-23)33(40)35-27-13-17-29(18-14-27)45-31(24-7-3-1-4-8-24)34(41)36-26-11-15-28(16-12-26)38(42)43/h1-22,31H,(H,35,40)(H,36,41)(H,37,39)/b30-21-. The van der Waals surface area contributed by atoms with Crippen molar-refractivity contribution in [1.82, 2.24) is 5.32 Å². The molecule has 0 aliphatic rings. The Labute approximate surface area is 267 Å². The molecule has 45 heavy (non-hydrogen) atoms. The summed E-state index contributed by atoms with van der Waals surface area (Å²) in [5, 5.41) is 22.5. The molecule has 1 aromatic heterocycles. The Morgan fingerprint density at radius 3 is 2.02 bits per heavy atom. The Kier molecular flexibility index (Phi) is 10.2. The molecule has 5 rings (SSSR count). The van der Waals surface area contributed by atoms with Crippen LogP contribution in [-0.4, -0.2) is 22.6 Å². The summed E-state index contributed by atoms with van der Waals surface area (Å²) in [4.78, 5) is 50.7. The first-order chi connectivity index (χ1) is 21.9. The van der Waals surface area contributed by atoms with Gasteiger partial charge in [0, 0.05) is 34.0 Å². The maximum absolute atomic E-state index is 13.4. The van der Waals surface area contributed by atoms with Crippen molar-refractivity contribution in [2.45, 2.75) is 10.1 Å². The summed E-state index contributed by atoms with van der Waals surface area (Å²) in [6, 6.07) is 32.4. The molecule has 224 valence electrons. The SMILES string of the molecule is O=C(Nc1ccc(SC(C(=O)Nc2ccc([N+](=O)[O-])cc2)c2ccccc2)cc1)/C(=C/c1ccsc1)NC(=O)c1ccccc1. The van der Waals surface area contributed by atoms with Crippen molar-refractivity contribution < 1.29 is 19.3 Å². The van der Waals surface area contributed by atoms with Crippen molar-refractivity contribution in [2.24, 2.45) is 0 Å². The fourth-order valence-corrected chi connectivity index (χ4v) is 5.84. The fraction of sp³-hybridized carbons (Fsp3) is 0.0294. The van der Waals surface area contributed by atoms with Gasteiger partial charge in [-0.2, -0.15) is 11.3 Å². The molecule has 0 bridgehead atoms. The highest BCUT2D eigenvalue weighted by atomic mass is 32.2. The number of thioether (sulfide) groups is 1. The second-order valence-corrected chi connectivity index (χ2v) is 11.6. The smallest absolute Gasteiger partial charge is 0.272 e. The van der Waals surface area contributed by atoms with Crippen LogP contribution in [-0.2, 0) is 9.59 Å². The van der Waals surface area contributed by atoms with Gasteiger partial charge in [0.05, 0.1) is 4.92 Å². The van der Waals surface area contributed by atoms with E-state index in [2.05, 4.69) is 16.0 Å². The van der Waals surface area contributed by atoms with E-state index < -0.39 is 22.0 Å². The molecule has 0 radical (unpaired) electrons.